The van der Waals surface area contributed by atoms with Gasteiger partial charge in [-0.25, -0.2) is 0 Å². The van der Waals surface area contributed by atoms with Crippen LogP contribution in [0.1, 0.15) is 6.23 Å². The number of aliphatic hydroxyl groups excluding tert-OH is 4. The molecule has 0 aliphatic carbocycles. The molecule has 0 spiro atoms. The second kappa shape index (κ2) is 5.08. The Morgan fingerprint density at radius 1 is 1.00 bits per heavy atom. The Kier molecular flexibility index (Phi) is 3.40. The predicted octanol–water partition coefficient (Wildman–Crippen LogP) is -1.60. The van der Waals surface area contributed by atoms with Gasteiger partial charge in [-0.15, -0.1) is 0 Å². The number of aromatic nitrogens is 3. The highest BCUT2D eigenvalue weighted by Crippen LogP contribution is 2.27. The van der Waals surface area contributed by atoms with Crippen molar-refractivity contribution in [1.82, 2.24) is 15.0 Å². The third kappa shape index (κ3) is 2.07. The number of benzene rings is 1. The quantitative estimate of drug-likeness (QED) is 0.523. The molecule has 1 aromatic heterocycles. The molecule has 2 aromatic rings. The monoisotopic (exact) mass is 281 g/mol. The predicted molar refractivity (Wildman–Crippen MR) is 66.5 cm³/mol. The minimum Gasteiger partial charge on any atom is -0.394 e. The van der Waals surface area contributed by atoms with E-state index in [1.54, 1.807) is 24.3 Å². The summed E-state index contributed by atoms with van der Waals surface area (Å²) in [4.78, 5) is 1.15. The molecule has 1 saturated heterocycles. The summed E-state index contributed by atoms with van der Waals surface area (Å²) in [5.74, 6) is 0. The van der Waals surface area contributed by atoms with E-state index in [9.17, 15) is 15.3 Å². The Labute approximate surface area is 113 Å². The molecule has 0 amide bonds. The maximum Gasteiger partial charge on any atom is 0.198 e. The van der Waals surface area contributed by atoms with E-state index in [2.05, 4.69) is 10.2 Å². The Morgan fingerprint density at radius 3 is 2.15 bits per heavy atom. The molecule has 1 aliphatic rings. The summed E-state index contributed by atoms with van der Waals surface area (Å²) in [5.41, 5.74) is 1.23. The lowest BCUT2D eigenvalue weighted by molar-refractivity contribution is -0.256. The van der Waals surface area contributed by atoms with Crippen molar-refractivity contribution in [3.05, 3.63) is 24.3 Å². The summed E-state index contributed by atoms with van der Waals surface area (Å²) < 4.78 is 5.37. The van der Waals surface area contributed by atoms with Gasteiger partial charge in [0.15, 0.2) is 6.23 Å². The molecule has 108 valence electrons. The van der Waals surface area contributed by atoms with Gasteiger partial charge >= 0.3 is 0 Å². The second-order valence-corrected chi connectivity index (χ2v) is 4.73. The van der Waals surface area contributed by atoms with Crippen molar-refractivity contribution in [2.75, 3.05) is 6.61 Å². The number of nitrogens with zero attached hydrogens (tertiary/aromatic N) is 3. The van der Waals surface area contributed by atoms with Crippen molar-refractivity contribution in [1.29, 1.82) is 0 Å². The Balaban J connectivity index is 1.95. The summed E-state index contributed by atoms with van der Waals surface area (Å²) in [6, 6.07) is 7.11. The summed E-state index contributed by atoms with van der Waals surface area (Å²) in [7, 11) is 0. The first kappa shape index (κ1) is 13.4. The van der Waals surface area contributed by atoms with Crippen LogP contribution in [0.4, 0.5) is 0 Å². The summed E-state index contributed by atoms with van der Waals surface area (Å²) in [6.07, 6.45) is -6.28. The zero-order valence-electron chi connectivity index (χ0n) is 10.4. The number of rotatable bonds is 2. The molecule has 3 rings (SSSR count). The molecule has 0 saturated carbocycles. The van der Waals surface area contributed by atoms with Crippen LogP contribution in [0, 0.1) is 0 Å². The van der Waals surface area contributed by atoms with Gasteiger partial charge in [-0.1, -0.05) is 12.1 Å². The molecular formula is C12H15N3O5. The van der Waals surface area contributed by atoms with Gasteiger partial charge in [0.05, 0.1) is 6.61 Å². The topological polar surface area (TPSA) is 121 Å². The lowest BCUT2D eigenvalue weighted by atomic mass is 9.99. The molecule has 8 nitrogen and oxygen atoms in total. The van der Waals surface area contributed by atoms with Crippen LogP contribution in [-0.2, 0) is 4.74 Å². The van der Waals surface area contributed by atoms with Crippen LogP contribution in [-0.4, -0.2) is 66.4 Å². The Hall–Kier alpha value is -1.58. The van der Waals surface area contributed by atoms with Crippen molar-refractivity contribution in [2.24, 2.45) is 0 Å². The molecule has 20 heavy (non-hydrogen) atoms. The van der Waals surface area contributed by atoms with Crippen LogP contribution < -0.4 is 0 Å². The number of fused-ring (bicyclic) bond motifs is 1. The van der Waals surface area contributed by atoms with E-state index < -0.39 is 37.3 Å². The lowest BCUT2D eigenvalue weighted by Gasteiger charge is -2.39. The Bertz CT molecular complexity index is 569. The standard InChI is InChI=1S/C12H15N3O5/c16-5-8-9(17)10(18)11(19)12(20-8)15-13-6-3-1-2-4-7(6)14-15/h1-4,8-12,16-19H,5H2/t8-,9+,10+,11-,12+/m0/s1. The minimum atomic E-state index is -1.44. The largest absolute Gasteiger partial charge is 0.394 e. The van der Waals surface area contributed by atoms with Gasteiger partial charge in [-0.3, -0.25) is 0 Å². The van der Waals surface area contributed by atoms with Crippen molar-refractivity contribution in [3.8, 4) is 0 Å². The van der Waals surface area contributed by atoms with Gasteiger partial charge in [-0.2, -0.15) is 15.0 Å². The lowest BCUT2D eigenvalue weighted by Crippen LogP contribution is -2.56. The maximum atomic E-state index is 9.98. The Morgan fingerprint density at radius 2 is 1.60 bits per heavy atom. The van der Waals surface area contributed by atoms with Crippen LogP contribution in [0.25, 0.3) is 11.0 Å². The van der Waals surface area contributed by atoms with Crippen LogP contribution in [0.15, 0.2) is 24.3 Å². The van der Waals surface area contributed by atoms with E-state index in [4.69, 9.17) is 9.84 Å². The van der Waals surface area contributed by atoms with E-state index in [1.807, 2.05) is 0 Å². The molecule has 1 aromatic carbocycles. The van der Waals surface area contributed by atoms with Gasteiger partial charge in [0.25, 0.3) is 0 Å². The van der Waals surface area contributed by atoms with E-state index in [1.165, 1.54) is 0 Å². The fourth-order valence-electron chi connectivity index (χ4n) is 2.26. The third-order valence-corrected chi connectivity index (χ3v) is 3.40. The van der Waals surface area contributed by atoms with Crippen LogP contribution in [0.5, 0.6) is 0 Å². The van der Waals surface area contributed by atoms with E-state index in [0.29, 0.717) is 11.0 Å². The summed E-state index contributed by atoms with van der Waals surface area (Å²) in [6.45, 7) is -0.484. The molecule has 4 N–H and O–H groups in total. The first-order valence-electron chi connectivity index (χ1n) is 6.24. The molecule has 5 atom stereocenters. The second-order valence-electron chi connectivity index (χ2n) is 4.73. The molecule has 8 heteroatoms. The number of ether oxygens (including phenoxy) is 1. The number of hydrogen-bond acceptors (Lipinski definition) is 7. The van der Waals surface area contributed by atoms with Crippen LogP contribution in [0.3, 0.4) is 0 Å². The first-order valence-corrected chi connectivity index (χ1v) is 6.24. The van der Waals surface area contributed by atoms with E-state index >= 15 is 0 Å². The van der Waals surface area contributed by atoms with Crippen molar-refractivity contribution < 1.29 is 25.2 Å². The zero-order valence-corrected chi connectivity index (χ0v) is 10.4. The van der Waals surface area contributed by atoms with Gasteiger partial charge in [0, 0.05) is 0 Å². The van der Waals surface area contributed by atoms with Gasteiger partial charge < -0.3 is 25.2 Å². The normalized spacial score (nSPS) is 34.5. The van der Waals surface area contributed by atoms with E-state index in [0.717, 1.165) is 4.80 Å². The molecule has 1 aliphatic heterocycles. The first-order chi connectivity index (χ1) is 9.61. The van der Waals surface area contributed by atoms with Crippen molar-refractivity contribution in [2.45, 2.75) is 30.6 Å². The molecule has 0 bridgehead atoms. The van der Waals surface area contributed by atoms with Crippen molar-refractivity contribution in [3.63, 3.8) is 0 Å². The fraction of sp³-hybridized carbons (Fsp3) is 0.500. The molecule has 1 fully saturated rings. The highest BCUT2D eigenvalue weighted by molar-refractivity contribution is 5.72. The molecular weight excluding hydrogens is 266 g/mol. The van der Waals surface area contributed by atoms with Gasteiger partial charge in [-0.05, 0) is 12.1 Å². The molecule has 2 heterocycles. The third-order valence-electron chi connectivity index (χ3n) is 3.40. The van der Waals surface area contributed by atoms with Crippen molar-refractivity contribution >= 4 is 11.0 Å². The van der Waals surface area contributed by atoms with Crippen LogP contribution >= 0.6 is 0 Å². The van der Waals surface area contributed by atoms with E-state index in [-0.39, 0.29) is 0 Å². The highest BCUT2D eigenvalue weighted by atomic mass is 16.6. The number of aliphatic hydroxyl groups is 4. The zero-order chi connectivity index (χ0) is 14.3. The average Bonchev–Trinajstić information content (AvgIpc) is 2.89. The average molecular weight is 281 g/mol. The van der Waals surface area contributed by atoms with Gasteiger partial charge in [0.2, 0.25) is 0 Å². The molecule has 0 radical (unpaired) electrons. The SMILES string of the molecule is OC[C@@H]1O[C@@H](n2nc3ccccc3n2)[C@@H](O)[C@H](O)[C@@H]1O. The maximum absolute atomic E-state index is 9.98. The minimum absolute atomic E-state index is 0.484. The van der Waals surface area contributed by atoms with Crippen LogP contribution in [0.2, 0.25) is 0 Å². The summed E-state index contributed by atoms with van der Waals surface area (Å²) in [5, 5.41) is 46.9. The highest BCUT2D eigenvalue weighted by Gasteiger charge is 2.45. The summed E-state index contributed by atoms with van der Waals surface area (Å²) >= 11 is 0. The smallest absolute Gasteiger partial charge is 0.198 e. The fourth-order valence-corrected chi connectivity index (χ4v) is 2.26. The van der Waals surface area contributed by atoms with Gasteiger partial charge in [0.1, 0.15) is 35.4 Å². The number of hydrogen-bond donors (Lipinski definition) is 4. The molecule has 0 unspecified atom stereocenters.